The summed E-state index contributed by atoms with van der Waals surface area (Å²) in [5.41, 5.74) is 3.91. The van der Waals surface area contributed by atoms with Crippen molar-refractivity contribution in [2.45, 2.75) is 26.2 Å². The van der Waals surface area contributed by atoms with Crippen molar-refractivity contribution in [3.05, 3.63) is 45.9 Å². The van der Waals surface area contributed by atoms with Crippen LogP contribution in [0.15, 0.2) is 29.2 Å². The summed E-state index contributed by atoms with van der Waals surface area (Å²) in [7, 11) is 0. The summed E-state index contributed by atoms with van der Waals surface area (Å²) in [6.07, 6.45) is 5.47. The smallest absolute Gasteiger partial charge is 0.263 e. The average Bonchev–Trinajstić information content (AvgIpc) is 3.38. The molecule has 0 bridgehead atoms. The normalized spacial score (nSPS) is 17.6. The van der Waals surface area contributed by atoms with Crippen LogP contribution in [0.2, 0.25) is 0 Å². The van der Waals surface area contributed by atoms with Gasteiger partial charge in [0, 0.05) is 19.3 Å². The molecule has 140 valence electrons. The third-order valence-corrected chi connectivity index (χ3v) is 5.37. The van der Waals surface area contributed by atoms with Crippen molar-refractivity contribution in [2.24, 2.45) is 5.92 Å². The Balaban J connectivity index is 1.57. The fourth-order valence-corrected chi connectivity index (χ4v) is 3.69. The Morgan fingerprint density at radius 1 is 1.26 bits per heavy atom. The highest BCUT2D eigenvalue weighted by Crippen LogP contribution is 2.34. The standard InChI is InChI=1S/C20H23N5O2/c1-13-2-5-17(15(10-13)11-14-3-4-14)25-12-16-18(23-25)21-20(22-19(16)26)24-6-8-27-9-7-24/h2,5,10,12,14H,3-4,6-9,11H2,1H3,(H,21,22,23,26). The molecule has 0 spiro atoms. The number of benzene rings is 1. The van der Waals surface area contributed by atoms with E-state index in [1.807, 2.05) is 9.58 Å². The predicted molar refractivity (Wildman–Crippen MR) is 104 cm³/mol. The minimum atomic E-state index is -0.149. The molecule has 1 aliphatic carbocycles. The maximum Gasteiger partial charge on any atom is 0.263 e. The first-order chi connectivity index (χ1) is 13.2. The van der Waals surface area contributed by atoms with Crippen molar-refractivity contribution in [1.82, 2.24) is 19.7 Å². The first-order valence-electron chi connectivity index (χ1n) is 9.60. The van der Waals surface area contributed by atoms with Crippen molar-refractivity contribution >= 4 is 17.0 Å². The molecule has 1 saturated carbocycles. The highest BCUT2D eigenvalue weighted by atomic mass is 16.5. The number of H-pyrrole nitrogens is 1. The lowest BCUT2D eigenvalue weighted by Crippen LogP contribution is -2.38. The molecular formula is C20H23N5O2. The summed E-state index contributed by atoms with van der Waals surface area (Å²) in [6.45, 7) is 4.84. The predicted octanol–water partition coefficient (Wildman–Crippen LogP) is 2.21. The van der Waals surface area contributed by atoms with E-state index in [1.54, 1.807) is 6.20 Å². The van der Waals surface area contributed by atoms with E-state index in [0.29, 0.717) is 30.2 Å². The molecule has 3 heterocycles. The van der Waals surface area contributed by atoms with Crippen molar-refractivity contribution in [3.8, 4) is 5.69 Å². The van der Waals surface area contributed by atoms with Gasteiger partial charge >= 0.3 is 0 Å². The number of fused-ring (bicyclic) bond motifs is 1. The maximum atomic E-state index is 12.6. The van der Waals surface area contributed by atoms with Crippen LogP contribution < -0.4 is 10.5 Å². The van der Waals surface area contributed by atoms with Gasteiger partial charge in [0.1, 0.15) is 5.39 Å². The van der Waals surface area contributed by atoms with Crippen LogP contribution in [0.3, 0.4) is 0 Å². The molecule has 3 aromatic rings. The molecule has 2 aliphatic rings. The van der Waals surface area contributed by atoms with Crippen LogP contribution in [-0.4, -0.2) is 46.1 Å². The molecule has 7 nitrogen and oxygen atoms in total. The Kier molecular flexibility index (Phi) is 3.97. The molecule has 1 aliphatic heterocycles. The SMILES string of the molecule is Cc1ccc(-n2cc3c(=O)[nH]c(N4CCOCC4)nc3n2)c(CC2CC2)c1. The number of nitrogens with zero attached hydrogens (tertiary/aromatic N) is 4. The number of nitrogens with one attached hydrogen (secondary N) is 1. The second-order valence-corrected chi connectivity index (χ2v) is 7.58. The van der Waals surface area contributed by atoms with Gasteiger partial charge in [-0.15, -0.1) is 5.10 Å². The van der Waals surface area contributed by atoms with Gasteiger partial charge in [0.05, 0.1) is 18.9 Å². The zero-order valence-electron chi connectivity index (χ0n) is 15.4. The van der Waals surface area contributed by atoms with Gasteiger partial charge in [0.2, 0.25) is 5.95 Å². The molecule has 0 amide bonds. The molecule has 5 rings (SSSR count). The van der Waals surface area contributed by atoms with E-state index in [2.05, 4.69) is 40.2 Å². The number of rotatable bonds is 4. The van der Waals surface area contributed by atoms with Crippen LogP contribution in [-0.2, 0) is 11.2 Å². The van der Waals surface area contributed by atoms with E-state index in [-0.39, 0.29) is 5.56 Å². The second-order valence-electron chi connectivity index (χ2n) is 7.58. The van der Waals surface area contributed by atoms with Crippen LogP contribution in [0.4, 0.5) is 5.95 Å². The molecule has 0 unspecified atom stereocenters. The van der Waals surface area contributed by atoms with Gasteiger partial charge in [-0.2, -0.15) is 4.98 Å². The summed E-state index contributed by atoms with van der Waals surface area (Å²) < 4.78 is 7.19. The Hall–Kier alpha value is -2.67. The Morgan fingerprint density at radius 3 is 2.85 bits per heavy atom. The van der Waals surface area contributed by atoms with E-state index in [0.717, 1.165) is 31.1 Å². The summed E-state index contributed by atoms with van der Waals surface area (Å²) >= 11 is 0. The molecule has 7 heteroatoms. The minimum Gasteiger partial charge on any atom is -0.378 e. The summed E-state index contributed by atoms with van der Waals surface area (Å²) in [5, 5.41) is 5.16. The summed E-state index contributed by atoms with van der Waals surface area (Å²) in [4.78, 5) is 22.2. The topological polar surface area (TPSA) is 76.0 Å². The lowest BCUT2D eigenvalue weighted by molar-refractivity contribution is 0.122. The van der Waals surface area contributed by atoms with E-state index >= 15 is 0 Å². The van der Waals surface area contributed by atoms with Gasteiger partial charge in [-0.05, 0) is 43.7 Å². The van der Waals surface area contributed by atoms with Gasteiger partial charge in [-0.25, -0.2) is 4.68 Å². The summed E-state index contributed by atoms with van der Waals surface area (Å²) in [6, 6.07) is 6.42. The Morgan fingerprint density at radius 2 is 2.07 bits per heavy atom. The number of aromatic amines is 1. The first-order valence-corrected chi connectivity index (χ1v) is 9.60. The highest BCUT2D eigenvalue weighted by molar-refractivity contribution is 5.74. The molecule has 1 aromatic carbocycles. The van der Waals surface area contributed by atoms with Crippen molar-refractivity contribution in [3.63, 3.8) is 0 Å². The zero-order chi connectivity index (χ0) is 18.4. The van der Waals surface area contributed by atoms with Crippen LogP contribution in [0, 0.1) is 12.8 Å². The minimum absolute atomic E-state index is 0.149. The van der Waals surface area contributed by atoms with Gasteiger partial charge in [-0.1, -0.05) is 17.7 Å². The van der Waals surface area contributed by atoms with Crippen molar-refractivity contribution in [1.29, 1.82) is 0 Å². The number of morpholine rings is 1. The van der Waals surface area contributed by atoms with E-state index in [4.69, 9.17) is 4.74 Å². The largest absolute Gasteiger partial charge is 0.378 e. The number of hydrogen-bond donors (Lipinski definition) is 1. The zero-order valence-corrected chi connectivity index (χ0v) is 15.4. The Labute approximate surface area is 157 Å². The number of ether oxygens (including phenoxy) is 1. The number of anilines is 1. The number of hydrogen-bond acceptors (Lipinski definition) is 5. The third-order valence-electron chi connectivity index (χ3n) is 5.37. The lowest BCUT2D eigenvalue weighted by atomic mass is 10.0. The monoisotopic (exact) mass is 365 g/mol. The van der Waals surface area contributed by atoms with Crippen LogP contribution in [0.5, 0.6) is 0 Å². The van der Waals surface area contributed by atoms with Gasteiger partial charge in [0.15, 0.2) is 5.65 Å². The molecular weight excluding hydrogens is 342 g/mol. The van der Waals surface area contributed by atoms with E-state index < -0.39 is 0 Å². The molecule has 27 heavy (non-hydrogen) atoms. The summed E-state index contributed by atoms with van der Waals surface area (Å²) in [5.74, 6) is 1.35. The molecule has 2 fully saturated rings. The molecule has 2 aromatic heterocycles. The van der Waals surface area contributed by atoms with Crippen LogP contribution >= 0.6 is 0 Å². The molecule has 1 saturated heterocycles. The van der Waals surface area contributed by atoms with E-state index in [1.165, 1.54) is 24.0 Å². The number of aromatic nitrogens is 4. The van der Waals surface area contributed by atoms with Crippen molar-refractivity contribution in [2.75, 3.05) is 31.2 Å². The average molecular weight is 365 g/mol. The van der Waals surface area contributed by atoms with Crippen LogP contribution in [0.25, 0.3) is 16.7 Å². The molecule has 0 radical (unpaired) electrons. The van der Waals surface area contributed by atoms with Gasteiger partial charge in [-0.3, -0.25) is 9.78 Å². The first kappa shape index (κ1) is 16.5. The maximum absolute atomic E-state index is 12.6. The fraction of sp³-hybridized carbons (Fsp3) is 0.450. The second kappa shape index (κ2) is 6.49. The lowest BCUT2D eigenvalue weighted by Gasteiger charge is -2.26. The highest BCUT2D eigenvalue weighted by Gasteiger charge is 2.24. The van der Waals surface area contributed by atoms with Crippen LogP contribution in [0.1, 0.15) is 24.0 Å². The van der Waals surface area contributed by atoms with E-state index in [9.17, 15) is 4.79 Å². The fourth-order valence-electron chi connectivity index (χ4n) is 3.69. The van der Waals surface area contributed by atoms with Gasteiger partial charge in [0.25, 0.3) is 5.56 Å². The number of aryl methyl sites for hydroxylation is 1. The van der Waals surface area contributed by atoms with Crippen molar-refractivity contribution < 1.29 is 4.74 Å². The Bertz CT molecular complexity index is 1040. The molecule has 0 atom stereocenters. The molecule has 1 N–H and O–H groups in total. The third kappa shape index (κ3) is 3.23. The van der Waals surface area contributed by atoms with Gasteiger partial charge < -0.3 is 9.64 Å². The quantitative estimate of drug-likeness (QED) is 0.767.